The highest BCUT2D eigenvalue weighted by atomic mass is 14.9. The third-order valence-electron chi connectivity index (χ3n) is 2.61. The van der Waals surface area contributed by atoms with Gasteiger partial charge >= 0.3 is 0 Å². The summed E-state index contributed by atoms with van der Waals surface area (Å²) in [6.07, 6.45) is 6.50. The molecule has 2 aromatic heterocycles. The quantitative estimate of drug-likeness (QED) is 0.657. The number of rotatable bonds is 2. The number of fused-ring (bicyclic) bond motifs is 1. The van der Waals surface area contributed by atoms with Crippen molar-refractivity contribution in [3.8, 4) is 0 Å². The van der Waals surface area contributed by atoms with Gasteiger partial charge in [0, 0.05) is 12.4 Å². The summed E-state index contributed by atoms with van der Waals surface area (Å²) >= 11 is 0. The highest BCUT2D eigenvalue weighted by Gasteiger charge is 2.03. The minimum Gasteiger partial charge on any atom is -0.323 e. The van der Waals surface area contributed by atoms with Gasteiger partial charge in [-0.2, -0.15) is 0 Å². The highest BCUT2D eigenvalue weighted by molar-refractivity contribution is 5.61. The van der Waals surface area contributed by atoms with E-state index in [0.717, 1.165) is 12.8 Å². The predicted molar refractivity (Wildman–Crippen MR) is 56.2 cm³/mol. The van der Waals surface area contributed by atoms with Gasteiger partial charge in [0.1, 0.15) is 0 Å². The van der Waals surface area contributed by atoms with E-state index in [1.165, 1.54) is 16.6 Å². The van der Waals surface area contributed by atoms with Crippen molar-refractivity contribution in [1.82, 2.24) is 4.40 Å². The molecule has 0 N–H and O–H groups in total. The van der Waals surface area contributed by atoms with E-state index < -0.39 is 0 Å². The first-order valence-electron chi connectivity index (χ1n) is 4.94. The van der Waals surface area contributed by atoms with Gasteiger partial charge in [-0.05, 0) is 36.1 Å². The van der Waals surface area contributed by atoms with E-state index in [1.807, 2.05) is 0 Å². The Kier molecular flexibility index (Phi) is 2.09. The van der Waals surface area contributed by atoms with E-state index in [-0.39, 0.29) is 0 Å². The molecule has 0 spiro atoms. The van der Waals surface area contributed by atoms with E-state index in [2.05, 4.69) is 48.8 Å². The molecule has 0 saturated carbocycles. The number of hydrogen-bond acceptors (Lipinski definition) is 0. The Labute approximate surface area is 79.0 Å². The molecule has 0 aliphatic rings. The summed E-state index contributed by atoms with van der Waals surface area (Å²) in [6, 6.07) is 6.55. The van der Waals surface area contributed by atoms with Crippen LogP contribution in [0.25, 0.3) is 5.52 Å². The molecule has 0 fully saturated rings. The number of hydrogen-bond donors (Lipinski definition) is 0. The molecule has 2 heterocycles. The zero-order valence-electron chi connectivity index (χ0n) is 8.25. The van der Waals surface area contributed by atoms with Gasteiger partial charge in [-0.3, -0.25) is 0 Å². The molecule has 2 rings (SSSR count). The van der Waals surface area contributed by atoms with Crippen molar-refractivity contribution in [1.29, 1.82) is 0 Å². The first-order chi connectivity index (χ1) is 6.36. The second-order valence-corrected chi connectivity index (χ2v) is 3.34. The van der Waals surface area contributed by atoms with E-state index >= 15 is 0 Å². The Bertz CT molecular complexity index is 412. The van der Waals surface area contributed by atoms with Gasteiger partial charge < -0.3 is 4.40 Å². The molecule has 68 valence electrons. The Hall–Kier alpha value is -1.24. The molecule has 0 amide bonds. The Balaban J connectivity index is 2.76. The molecule has 0 aliphatic heterocycles. The van der Waals surface area contributed by atoms with Crippen LogP contribution in [0.3, 0.4) is 0 Å². The lowest BCUT2D eigenvalue weighted by Crippen LogP contribution is -1.90. The maximum atomic E-state index is 2.22. The fourth-order valence-corrected chi connectivity index (χ4v) is 1.89. The van der Waals surface area contributed by atoms with E-state index in [1.54, 1.807) is 0 Å². The summed E-state index contributed by atoms with van der Waals surface area (Å²) in [5.74, 6) is 0. The lowest BCUT2D eigenvalue weighted by molar-refractivity contribution is 1.08. The second kappa shape index (κ2) is 3.25. The summed E-state index contributed by atoms with van der Waals surface area (Å²) in [4.78, 5) is 0. The summed E-state index contributed by atoms with van der Waals surface area (Å²) in [5, 5.41) is 0. The first-order valence-corrected chi connectivity index (χ1v) is 4.94. The van der Waals surface area contributed by atoms with Crippen molar-refractivity contribution in [2.45, 2.75) is 26.7 Å². The topological polar surface area (TPSA) is 4.41 Å². The van der Waals surface area contributed by atoms with Crippen LogP contribution in [-0.2, 0) is 12.8 Å². The Morgan fingerprint density at radius 3 is 2.38 bits per heavy atom. The van der Waals surface area contributed by atoms with Crippen LogP contribution in [0.5, 0.6) is 0 Å². The largest absolute Gasteiger partial charge is 0.323 e. The van der Waals surface area contributed by atoms with Crippen molar-refractivity contribution >= 4 is 5.52 Å². The van der Waals surface area contributed by atoms with Crippen molar-refractivity contribution in [2.24, 2.45) is 0 Å². The maximum Gasteiger partial charge on any atom is 0.0513 e. The van der Waals surface area contributed by atoms with Crippen LogP contribution in [0, 0.1) is 0 Å². The molecule has 0 aliphatic carbocycles. The molecule has 0 bridgehead atoms. The van der Waals surface area contributed by atoms with E-state index in [0.29, 0.717) is 0 Å². The predicted octanol–water partition coefficient (Wildman–Crippen LogP) is 3.06. The lowest BCUT2D eigenvalue weighted by atomic mass is 10.1. The van der Waals surface area contributed by atoms with E-state index in [9.17, 15) is 0 Å². The molecule has 0 saturated heterocycles. The molecule has 0 radical (unpaired) electrons. The van der Waals surface area contributed by atoms with Gasteiger partial charge in [0.25, 0.3) is 0 Å². The number of aryl methyl sites for hydroxylation is 2. The van der Waals surface area contributed by atoms with Crippen LogP contribution in [0.1, 0.15) is 25.0 Å². The fourth-order valence-electron chi connectivity index (χ4n) is 1.89. The fraction of sp³-hybridized carbons (Fsp3) is 0.333. The third kappa shape index (κ3) is 1.24. The van der Waals surface area contributed by atoms with Crippen LogP contribution >= 0.6 is 0 Å². The normalized spacial score (nSPS) is 10.9. The molecule has 1 nitrogen and oxygen atoms in total. The summed E-state index contributed by atoms with van der Waals surface area (Å²) in [5.41, 5.74) is 4.31. The van der Waals surface area contributed by atoms with Crippen LogP contribution in [0.2, 0.25) is 0 Å². The third-order valence-corrected chi connectivity index (χ3v) is 2.61. The summed E-state index contributed by atoms with van der Waals surface area (Å²) < 4.78 is 2.22. The van der Waals surface area contributed by atoms with Crippen LogP contribution in [0.4, 0.5) is 0 Å². The minimum absolute atomic E-state index is 1.11. The molecular formula is C12H15N. The number of nitrogens with zero attached hydrogens (tertiary/aromatic N) is 1. The first kappa shape index (κ1) is 8.36. The molecule has 2 aromatic rings. The SMILES string of the molecule is CCc1cccn2ccc(CC)c12. The van der Waals surface area contributed by atoms with Gasteiger partial charge in [-0.1, -0.05) is 19.9 Å². The standard InChI is InChI=1S/C12H15N/c1-3-10-6-5-8-13-9-7-11(4-2)12(10)13/h5-9H,3-4H2,1-2H3. The zero-order valence-corrected chi connectivity index (χ0v) is 8.25. The molecule has 0 atom stereocenters. The van der Waals surface area contributed by atoms with Gasteiger partial charge in [0.05, 0.1) is 5.52 Å². The van der Waals surface area contributed by atoms with Gasteiger partial charge in [-0.15, -0.1) is 0 Å². The average molecular weight is 173 g/mol. The molecule has 0 aromatic carbocycles. The van der Waals surface area contributed by atoms with Crippen LogP contribution in [-0.4, -0.2) is 4.40 Å². The number of aromatic nitrogens is 1. The van der Waals surface area contributed by atoms with Crippen LogP contribution < -0.4 is 0 Å². The van der Waals surface area contributed by atoms with Crippen LogP contribution in [0.15, 0.2) is 30.6 Å². The Morgan fingerprint density at radius 1 is 1.00 bits per heavy atom. The lowest BCUT2D eigenvalue weighted by Gasteiger charge is -2.03. The highest BCUT2D eigenvalue weighted by Crippen LogP contribution is 2.18. The minimum atomic E-state index is 1.11. The second-order valence-electron chi connectivity index (χ2n) is 3.34. The zero-order chi connectivity index (χ0) is 9.26. The number of pyridine rings is 1. The smallest absolute Gasteiger partial charge is 0.0513 e. The molecule has 1 heteroatoms. The summed E-state index contributed by atoms with van der Waals surface area (Å²) in [6.45, 7) is 4.42. The van der Waals surface area contributed by atoms with Crippen molar-refractivity contribution in [3.63, 3.8) is 0 Å². The van der Waals surface area contributed by atoms with Crippen molar-refractivity contribution in [3.05, 3.63) is 41.7 Å². The van der Waals surface area contributed by atoms with Gasteiger partial charge in [0.15, 0.2) is 0 Å². The van der Waals surface area contributed by atoms with Crippen molar-refractivity contribution in [2.75, 3.05) is 0 Å². The summed E-state index contributed by atoms with van der Waals surface area (Å²) in [7, 11) is 0. The monoisotopic (exact) mass is 173 g/mol. The van der Waals surface area contributed by atoms with Gasteiger partial charge in [0.2, 0.25) is 0 Å². The maximum absolute atomic E-state index is 2.22. The average Bonchev–Trinajstić information content (AvgIpc) is 2.60. The Morgan fingerprint density at radius 2 is 1.69 bits per heavy atom. The van der Waals surface area contributed by atoms with Gasteiger partial charge in [-0.25, -0.2) is 0 Å². The molecular weight excluding hydrogens is 158 g/mol. The molecule has 13 heavy (non-hydrogen) atoms. The molecule has 0 unspecified atom stereocenters. The van der Waals surface area contributed by atoms with Crippen molar-refractivity contribution < 1.29 is 0 Å². The van der Waals surface area contributed by atoms with E-state index in [4.69, 9.17) is 0 Å².